The smallest absolute Gasteiger partial charge is 0.345 e. The lowest BCUT2D eigenvalue weighted by molar-refractivity contribution is -0.148. The van der Waals surface area contributed by atoms with Crippen LogP contribution in [0.4, 0.5) is 5.95 Å². The summed E-state index contributed by atoms with van der Waals surface area (Å²) < 4.78 is 45.4. The molecule has 0 aliphatic carbocycles. The summed E-state index contributed by atoms with van der Waals surface area (Å²) in [4.78, 5) is 38.0. The molecule has 44 heavy (non-hydrogen) atoms. The van der Waals surface area contributed by atoms with Gasteiger partial charge >= 0.3 is 19.6 Å². The van der Waals surface area contributed by atoms with E-state index in [9.17, 15) is 19.3 Å². The molecule has 17 heteroatoms. The Morgan fingerprint density at radius 3 is 2.70 bits per heavy atom. The lowest BCUT2D eigenvalue weighted by atomic mass is 9.96. The van der Waals surface area contributed by atoms with E-state index in [-0.39, 0.29) is 50.0 Å². The number of nitrogens with one attached hydrogen (secondary N) is 1. The number of nitrogen functional groups attached to an aromatic ring is 1. The van der Waals surface area contributed by atoms with E-state index >= 15 is 0 Å². The summed E-state index contributed by atoms with van der Waals surface area (Å²) >= 11 is 0. The molecule has 2 aliphatic rings. The molecular formula is C27H44N7O9P. The van der Waals surface area contributed by atoms with E-state index in [0.29, 0.717) is 24.0 Å². The SMILES string of the molecule is COC(=O)[C@@H]1CCCN1P(=O)(N[C@@H](C)C(=O)OCC(C)(C)C)OC[C@@H]1C[C@@](C)(O)[C@H](Cn2cnc3c(OC)nc(N)nc32)O1. The Morgan fingerprint density at radius 1 is 1.32 bits per heavy atom. The van der Waals surface area contributed by atoms with Crippen molar-refractivity contribution < 1.29 is 42.7 Å². The van der Waals surface area contributed by atoms with Crippen LogP contribution in [0.1, 0.15) is 53.9 Å². The number of carbonyl (C=O) groups excluding carboxylic acids is 2. The second kappa shape index (κ2) is 13.2. The summed E-state index contributed by atoms with van der Waals surface area (Å²) in [6.45, 7) is 9.37. The number of hydrogen-bond donors (Lipinski definition) is 3. The van der Waals surface area contributed by atoms with Crippen LogP contribution in [0.2, 0.25) is 0 Å². The Kier molecular flexibility index (Phi) is 10.2. The van der Waals surface area contributed by atoms with Crippen molar-refractivity contribution in [2.24, 2.45) is 5.41 Å². The maximum Gasteiger partial charge on any atom is 0.345 e. The number of aromatic nitrogens is 4. The van der Waals surface area contributed by atoms with Crippen molar-refractivity contribution in [1.82, 2.24) is 29.3 Å². The lowest BCUT2D eigenvalue weighted by Crippen LogP contribution is -2.44. The van der Waals surface area contributed by atoms with Gasteiger partial charge in [-0.1, -0.05) is 20.8 Å². The van der Waals surface area contributed by atoms with Crippen LogP contribution in [0.15, 0.2) is 6.33 Å². The Morgan fingerprint density at radius 2 is 2.05 bits per heavy atom. The first-order chi connectivity index (χ1) is 20.6. The van der Waals surface area contributed by atoms with E-state index in [1.54, 1.807) is 11.5 Å². The predicted molar refractivity (Wildman–Crippen MR) is 159 cm³/mol. The first kappa shape index (κ1) is 34.0. The fourth-order valence-corrected chi connectivity index (χ4v) is 7.58. The van der Waals surface area contributed by atoms with Gasteiger partial charge in [0, 0.05) is 13.0 Å². The maximum atomic E-state index is 14.5. The third kappa shape index (κ3) is 7.66. The van der Waals surface area contributed by atoms with Gasteiger partial charge in [-0.25, -0.2) is 14.7 Å². The van der Waals surface area contributed by atoms with Gasteiger partial charge < -0.3 is 38.9 Å². The molecule has 4 N–H and O–H groups in total. The molecule has 2 aromatic heterocycles. The Balaban J connectivity index is 1.49. The summed E-state index contributed by atoms with van der Waals surface area (Å²) in [5.41, 5.74) is 5.10. The normalized spacial score (nSPS) is 26.4. The molecule has 16 nitrogen and oxygen atoms in total. The fraction of sp³-hybridized carbons (Fsp3) is 0.741. The minimum Gasteiger partial charge on any atom is -0.479 e. The van der Waals surface area contributed by atoms with Crippen molar-refractivity contribution in [2.75, 3.05) is 39.7 Å². The minimum absolute atomic E-state index is 0.00779. The van der Waals surface area contributed by atoms with Gasteiger partial charge in [-0.15, -0.1) is 0 Å². The number of aliphatic hydroxyl groups is 1. The molecule has 2 aromatic rings. The van der Waals surface area contributed by atoms with Gasteiger partial charge in [0.1, 0.15) is 18.2 Å². The highest BCUT2D eigenvalue weighted by molar-refractivity contribution is 7.54. The highest BCUT2D eigenvalue weighted by Crippen LogP contribution is 2.52. The molecule has 4 rings (SSSR count). The van der Waals surface area contributed by atoms with E-state index in [0.717, 1.165) is 0 Å². The van der Waals surface area contributed by atoms with Crippen LogP contribution in [0.5, 0.6) is 5.88 Å². The van der Waals surface area contributed by atoms with E-state index in [2.05, 4.69) is 20.0 Å². The molecule has 0 bridgehead atoms. The van der Waals surface area contributed by atoms with E-state index in [1.807, 2.05) is 20.8 Å². The van der Waals surface area contributed by atoms with Crippen molar-refractivity contribution in [1.29, 1.82) is 0 Å². The zero-order valence-electron chi connectivity index (χ0n) is 26.3. The monoisotopic (exact) mass is 641 g/mol. The van der Waals surface area contributed by atoms with Gasteiger partial charge in [-0.2, -0.15) is 9.97 Å². The zero-order valence-corrected chi connectivity index (χ0v) is 27.2. The average molecular weight is 642 g/mol. The van der Waals surface area contributed by atoms with Crippen LogP contribution in [-0.2, 0) is 39.4 Å². The molecular weight excluding hydrogens is 597 g/mol. The number of anilines is 1. The molecule has 0 amide bonds. The topological polar surface area (TPSA) is 202 Å². The average Bonchev–Trinajstić information content (AvgIpc) is 3.67. The van der Waals surface area contributed by atoms with Crippen molar-refractivity contribution in [3.63, 3.8) is 0 Å². The number of methoxy groups -OCH3 is 2. The molecule has 0 saturated carbocycles. The maximum absolute atomic E-state index is 14.5. The van der Waals surface area contributed by atoms with Crippen molar-refractivity contribution >= 4 is 36.7 Å². The summed E-state index contributed by atoms with van der Waals surface area (Å²) in [6, 6.07) is -1.83. The molecule has 246 valence electrons. The van der Waals surface area contributed by atoms with Crippen molar-refractivity contribution in [3.8, 4) is 5.88 Å². The van der Waals surface area contributed by atoms with Crippen LogP contribution < -0.4 is 15.6 Å². The highest BCUT2D eigenvalue weighted by atomic mass is 31.2. The summed E-state index contributed by atoms with van der Waals surface area (Å²) in [7, 11) is -1.31. The summed E-state index contributed by atoms with van der Waals surface area (Å²) in [5.74, 6) is -0.923. The lowest BCUT2D eigenvalue weighted by Gasteiger charge is -2.33. The quantitative estimate of drug-likeness (QED) is 0.223. The molecule has 0 aromatic carbocycles. The van der Waals surface area contributed by atoms with E-state index in [1.165, 1.54) is 32.1 Å². The summed E-state index contributed by atoms with van der Waals surface area (Å²) in [6.07, 6.45) is 1.29. The first-order valence-corrected chi connectivity index (χ1v) is 16.1. The van der Waals surface area contributed by atoms with E-state index < -0.39 is 49.5 Å². The number of nitrogens with zero attached hydrogens (tertiary/aromatic N) is 5. The predicted octanol–water partition coefficient (Wildman–Crippen LogP) is 1.66. The molecule has 4 heterocycles. The molecule has 0 radical (unpaired) electrons. The van der Waals surface area contributed by atoms with Crippen molar-refractivity contribution in [2.45, 2.75) is 90.3 Å². The number of hydrogen-bond acceptors (Lipinski definition) is 13. The van der Waals surface area contributed by atoms with Gasteiger partial charge in [0.15, 0.2) is 11.2 Å². The van der Waals surface area contributed by atoms with Gasteiger partial charge in [0.05, 0.1) is 52.0 Å². The van der Waals surface area contributed by atoms with Crippen molar-refractivity contribution in [3.05, 3.63) is 6.33 Å². The minimum atomic E-state index is -4.02. The van der Waals surface area contributed by atoms with Crippen LogP contribution in [0.25, 0.3) is 11.2 Å². The third-order valence-electron chi connectivity index (χ3n) is 7.53. The Hall–Kier alpha value is -2.88. The number of esters is 2. The largest absolute Gasteiger partial charge is 0.479 e. The van der Waals surface area contributed by atoms with Gasteiger partial charge in [-0.3, -0.25) is 14.2 Å². The number of carbonyl (C=O) groups is 2. The molecule has 2 fully saturated rings. The number of rotatable bonds is 12. The standard InChI is InChI=1S/C27H44N7O9P/c1-16(23(35)41-14-26(2,3)4)32-44(38,34-10-8-9-18(34)24(36)40-7)42-13-17-11-27(5,37)19(43-17)12-33-15-29-20-21(33)30-25(28)31-22(20)39-6/h15-19,37H,8-14H2,1-7H3,(H,32,38)(H2,28,30,31)/t16-,17-,18-,19-,27+,44?/m0/s1. The molecule has 6 atom stereocenters. The number of ether oxygens (including phenoxy) is 4. The summed E-state index contributed by atoms with van der Waals surface area (Å²) in [5, 5.41) is 14.1. The number of fused-ring (bicyclic) bond motifs is 1. The molecule has 2 aliphatic heterocycles. The second-order valence-electron chi connectivity index (χ2n) is 12.6. The Bertz CT molecular complexity index is 1400. The first-order valence-electron chi connectivity index (χ1n) is 14.5. The third-order valence-corrected chi connectivity index (χ3v) is 9.89. The van der Waals surface area contributed by atoms with E-state index in [4.69, 9.17) is 29.2 Å². The zero-order chi connectivity index (χ0) is 32.4. The van der Waals surface area contributed by atoms with Gasteiger partial charge in [-0.05, 0) is 32.1 Å². The van der Waals surface area contributed by atoms with Gasteiger partial charge in [0.2, 0.25) is 11.8 Å². The number of imidazole rings is 1. The molecule has 2 saturated heterocycles. The van der Waals surface area contributed by atoms with Crippen LogP contribution >= 0.6 is 7.67 Å². The molecule has 0 spiro atoms. The molecule has 1 unspecified atom stereocenters. The van der Waals surface area contributed by atoms with Gasteiger partial charge in [0.25, 0.3) is 0 Å². The highest BCUT2D eigenvalue weighted by Gasteiger charge is 2.48. The second-order valence-corrected chi connectivity index (χ2v) is 14.7. The Labute approximate surface area is 256 Å². The van der Waals surface area contributed by atoms with Crippen LogP contribution in [-0.4, -0.2) is 105 Å². The number of nitrogens with two attached hydrogens (primary N) is 1. The van der Waals surface area contributed by atoms with Crippen LogP contribution in [0.3, 0.4) is 0 Å². The van der Waals surface area contributed by atoms with Crippen LogP contribution in [0, 0.1) is 5.41 Å². The fourth-order valence-electron chi connectivity index (χ4n) is 5.27.